The van der Waals surface area contributed by atoms with E-state index in [0.29, 0.717) is 10.0 Å². The smallest absolute Gasteiger partial charge is 0.405 e. The summed E-state index contributed by atoms with van der Waals surface area (Å²) in [7, 11) is 0. The fraction of sp³-hybridized carbons (Fsp3) is 0.278. The highest BCUT2D eigenvalue weighted by atomic mass is 35.5. The molecule has 0 spiro atoms. The number of primary amides is 1. The lowest BCUT2D eigenvalue weighted by Crippen LogP contribution is -2.25. The summed E-state index contributed by atoms with van der Waals surface area (Å²) < 4.78 is 5.33. The van der Waals surface area contributed by atoms with Crippen LogP contribution in [-0.4, -0.2) is 6.09 Å². The van der Waals surface area contributed by atoms with Crippen molar-refractivity contribution in [1.82, 2.24) is 0 Å². The van der Waals surface area contributed by atoms with Gasteiger partial charge < -0.3 is 10.5 Å². The first-order valence-electron chi connectivity index (χ1n) is 7.32. The average molecular weight is 350 g/mol. The van der Waals surface area contributed by atoms with Crippen LogP contribution < -0.4 is 5.73 Å². The number of hydrogen-bond donors (Lipinski definition) is 1. The van der Waals surface area contributed by atoms with Crippen LogP contribution in [0.15, 0.2) is 36.4 Å². The first-order valence-corrected chi connectivity index (χ1v) is 8.08. The fourth-order valence-electron chi connectivity index (χ4n) is 3.24. The van der Waals surface area contributed by atoms with Crippen molar-refractivity contribution in [1.29, 1.82) is 0 Å². The normalized spacial score (nSPS) is 18.5. The van der Waals surface area contributed by atoms with Crippen LogP contribution in [0.4, 0.5) is 4.79 Å². The Labute approximate surface area is 145 Å². The molecule has 0 radical (unpaired) electrons. The van der Waals surface area contributed by atoms with Crippen LogP contribution in [0.2, 0.25) is 10.0 Å². The Bertz CT molecular complexity index is 787. The molecule has 2 aromatic carbocycles. The predicted octanol–water partition coefficient (Wildman–Crippen LogP) is 5.38. The van der Waals surface area contributed by atoms with Gasteiger partial charge in [-0.25, -0.2) is 4.79 Å². The number of amides is 1. The molecule has 1 amide bonds. The van der Waals surface area contributed by atoms with Crippen molar-refractivity contribution in [2.45, 2.75) is 26.4 Å². The SMILES string of the molecule is CC1(C)Cc2cc(-c3cc(Cl)ccc3Cl)ccc2C1OC(N)=O. The Hall–Kier alpha value is -1.71. The van der Waals surface area contributed by atoms with Gasteiger partial charge in [-0.3, -0.25) is 0 Å². The van der Waals surface area contributed by atoms with Gasteiger partial charge in [0.15, 0.2) is 0 Å². The van der Waals surface area contributed by atoms with E-state index in [0.717, 1.165) is 28.7 Å². The fourth-order valence-corrected chi connectivity index (χ4v) is 3.64. The van der Waals surface area contributed by atoms with Gasteiger partial charge in [-0.15, -0.1) is 0 Å². The van der Waals surface area contributed by atoms with Gasteiger partial charge in [0, 0.05) is 21.0 Å². The second-order valence-electron chi connectivity index (χ2n) is 6.52. The maximum absolute atomic E-state index is 11.2. The van der Waals surface area contributed by atoms with Crippen molar-refractivity contribution in [3.63, 3.8) is 0 Å². The van der Waals surface area contributed by atoms with Crippen LogP contribution in [0.3, 0.4) is 0 Å². The summed E-state index contributed by atoms with van der Waals surface area (Å²) in [6.45, 7) is 4.12. The van der Waals surface area contributed by atoms with E-state index in [1.54, 1.807) is 12.1 Å². The monoisotopic (exact) mass is 349 g/mol. The number of halogens is 2. The van der Waals surface area contributed by atoms with Crippen LogP contribution in [0.5, 0.6) is 0 Å². The van der Waals surface area contributed by atoms with Crippen LogP contribution in [-0.2, 0) is 11.2 Å². The summed E-state index contributed by atoms with van der Waals surface area (Å²) in [4.78, 5) is 11.2. The van der Waals surface area contributed by atoms with Gasteiger partial charge >= 0.3 is 6.09 Å². The van der Waals surface area contributed by atoms with E-state index in [2.05, 4.69) is 19.9 Å². The molecular weight excluding hydrogens is 333 g/mol. The molecule has 1 unspecified atom stereocenters. The highest BCUT2D eigenvalue weighted by Gasteiger charge is 2.41. The van der Waals surface area contributed by atoms with E-state index in [1.807, 2.05) is 18.2 Å². The first-order chi connectivity index (χ1) is 10.8. The van der Waals surface area contributed by atoms with Crippen molar-refractivity contribution in [3.8, 4) is 11.1 Å². The summed E-state index contributed by atoms with van der Waals surface area (Å²) in [6.07, 6.45) is -0.288. The van der Waals surface area contributed by atoms with Crippen LogP contribution in [0.1, 0.15) is 31.1 Å². The minimum atomic E-state index is -0.752. The molecule has 0 saturated heterocycles. The number of hydrogen-bond acceptors (Lipinski definition) is 2. The van der Waals surface area contributed by atoms with Crippen LogP contribution >= 0.6 is 23.2 Å². The lowest BCUT2D eigenvalue weighted by atomic mass is 9.87. The number of nitrogens with two attached hydrogens (primary N) is 1. The van der Waals surface area contributed by atoms with Crippen molar-refractivity contribution >= 4 is 29.3 Å². The van der Waals surface area contributed by atoms with Gasteiger partial charge in [0.05, 0.1) is 0 Å². The molecule has 120 valence electrons. The van der Waals surface area contributed by atoms with Gasteiger partial charge in [-0.05, 0) is 41.3 Å². The van der Waals surface area contributed by atoms with Crippen molar-refractivity contribution in [3.05, 3.63) is 57.6 Å². The Balaban J connectivity index is 2.05. The van der Waals surface area contributed by atoms with E-state index in [9.17, 15) is 4.79 Å². The predicted molar refractivity (Wildman–Crippen MR) is 92.8 cm³/mol. The molecule has 23 heavy (non-hydrogen) atoms. The van der Waals surface area contributed by atoms with Gasteiger partial charge in [0.2, 0.25) is 0 Å². The molecule has 0 aromatic heterocycles. The molecule has 0 aliphatic heterocycles. The molecule has 0 saturated carbocycles. The second kappa shape index (κ2) is 5.73. The zero-order valence-corrected chi connectivity index (χ0v) is 14.4. The number of rotatable bonds is 2. The molecule has 3 rings (SSSR count). The number of carbonyl (C=O) groups is 1. The summed E-state index contributed by atoms with van der Waals surface area (Å²) >= 11 is 12.4. The first kappa shape index (κ1) is 16.2. The maximum atomic E-state index is 11.2. The Morgan fingerprint density at radius 1 is 1.22 bits per heavy atom. The molecule has 1 aliphatic rings. The van der Waals surface area contributed by atoms with Gasteiger partial charge in [0.25, 0.3) is 0 Å². The van der Waals surface area contributed by atoms with Crippen LogP contribution in [0, 0.1) is 5.41 Å². The summed E-state index contributed by atoms with van der Waals surface area (Å²) in [5.41, 5.74) is 9.02. The molecule has 2 N–H and O–H groups in total. The van der Waals surface area contributed by atoms with Crippen molar-refractivity contribution in [2.24, 2.45) is 11.1 Å². The Morgan fingerprint density at radius 2 is 1.96 bits per heavy atom. The van der Waals surface area contributed by atoms with E-state index < -0.39 is 6.09 Å². The molecule has 0 heterocycles. The number of benzene rings is 2. The summed E-state index contributed by atoms with van der Waals surface area (Å²) in [5.74, 6) is 0. The van der Waals surface area contributed by atoms with Gasteiger partial charge in [0.1, 0.15) is 6.10 Å². The molecule has 1 aliphatic carbocycles. The lowest BCUT2D eigenvalue weighted by molar-refractivity contribution is 0.0392. The quantitative estimate of drug-likeness (QED) is 0.791. The molecule has 5 heteroatoms. The van der Waals surface area contributed by atoms with Gasteiger partial charge in [-0.2, -0.15) is 0 Å². The Morgan fingerprint density at radius 3 is 2.65 bits per heavy atom. The largest absolute Gasteiger partial charge is 0.441 e. The van der Waals surface area contributed by atoms with E-state index >= 15 is 0 Å². The second-order valence-corrected chi connectivity index (χ2v) is 7.36. The third-order valence-electron chi connectivity index (χ3n) is 4.25. The standard InChI is InChI=1S/C18H17Cl2NO2/c1-18(2)9-11-7-10(14-8-12(19)4-6-15(14)20)3-5-13(11)16(18)23-17(21)22/h3-8,16H,9H2,1-2H3,(H2,21,22). The van der Waals surface area contributed by atoms with Gasteiger partial charge in [-0.1, -0.05) is 55.2 Å². The maximum Gasteiger partial charge on any atom is 0.405 e. The van der Waals surface area contributed by atoms with E-state index in [-0.39, 0.29) is 11.5 Å². The third-order valence-corrected chi connectivity index (χ3v) is 4.82. The van der Waals surface area contributed by atoms with Crippen molar-refractivity contribution in [2.75, 3.05) is 0 Å². The minimum absolute atomic E-state index is 0.200. The average Bonchev–Trinajstić information content (AvgIpc) is 2.71. The highest BCUT2D eigenvalue weighted by Crippen LogP contribution is 2.48. The minimum Gasteiger partial charge on any atom is -0.441 e. The van der Waals surface area contributed by atoms with E-state index in [1.165, 1.54) is 0 Å². The number of carbonyl (C=O) groups excluding carboxylic acids is 1. The zero-order chi connectivity index (χ0) is 16.8. The zero-order valence-electron chi connectivity index (χ0n) is 12.9. The molecular formula is C18H17Cl2NO2. The van der Waals surface area contributed by atoms with Crippen LogP contribution in [0.25, 0.3) is 11.1 Å². The van der Waals surface area contributed by atoms with Crippen molar-refractivity contribution < 1.29 is 9.53 Å². The summed E-state index contributed by atoms with van der Waals surface area (Å²) in [5, 5.41) is 1.29. The highest BCUT2D eigenvalue weighted by molar-refractivity contribution is 6.35. The molecule has 3 nitrogen and oxygen atoms in total. The molecule has 2 aromatic rings. The number of fused-ring (bicyclic) bond motifs is 1. The third kappa shape index (κ3) is 3.04. The number of ether oxygens (including phenoxy) is 1. The lowest BCUT2D eigenvalue weighted by Gasteiger charge is -2.26. The molecule has 0 bridgehead atoms. The summed E-state index contributed by atoms with van der Waals surface area (Å²) in [6, 6.07) is 11.4. The van der Waals surface area contributed by atoms with E-state index in [4.69, 9.17) is 33.7 Å². The molecule has 0 fully saturated rings. The molecule has 1 atom stereocenters. The topological polar surface area (TPSA) is 52.3 Å². The Kier molecular flexibility index (Phi) is 4.03.